The predicted octanol–water partition coefficient (Wildman–Crippen LogP) is 2.59. The lowest BCUT2D eigenvalue weighted by atomic mass is 10.3. The number of aromatic nitrogens is 3. The van der Waals surface area contributed by atoms with Gasteiger partial charge in [0, 0.05) is 41.2 Å². The second-order valence-electron chi connectivity index (χ2n) is 4.59. The van der Waals surface area contributed by atoms with Crippen molar-refractivity contribution in [3.05, 3.63) is 46.5 Å². The highest BCUT2D eigenvalue weighted by Crippen LogP contribution is 2.10. The van der Waals surface area contributed by atoms with Crippen molar-refractivity contribution in [2.75, 3.05) is 0 Å². The van der Waals surface area contributed by atoms with Crippen molar-refractivity contribution < 1.29 is 0 Å². The third-order valence-electron chi connectivity index (χ3n) is 2.51. The first-order chi connectivity index (χ1) is 8.63. The molecule has 2 rings (SSSR count). The number of pyridine rings is 1. The number of halogens is 1. The molecule has 0 unspecified atom stereocenters. The van der Waals surface area contributed by atoms with Crippen LogP contribution in [0.1, 0.15) is 25.0 Å². The molecule has 0 aliphatic heterocycles. The third kappa shape index (κ3) is 3.92. The quantitative estimate of drug-likeness (QED) is 0.923. The molecule has 2 aromatic rings. The Labute approximate surface area is 116 Å². The lowest BCUT2D eigenvalue weighted by Gasteiger charge is -2.05. The van der Waals surface area contributed by atoms with Crippen LogP contribution in [0.4, 0.5) is 0 Å². The molecule has 2 heterocycles. The summed E-state index contributed by atoms with van der Waals surface area (Å²) in [6.07, 6.45) is 7.61. The standard InChI is InChI=1S/C13H17BrN4/c1-10(2)16-5-12-6-17-18(9-12)8-11-3-13(14)7-15-4-11/h3-4,6-7,9-10,16H,5,8H2,1-2H3. The topological polar surface area (TPSA) is 42.7 Å². The summed E-state index contributed by atoms with van der Waals surface area (Å²) in [5.41, 5.74) is 2.34. The molecule has 4 nitrogen and oxygen atoms in total. The van der Waals surface area contributed by atoms with Crippen LogP contribution >= 0.6 is 15.9 Å². The van der Waals surface area contributed by atoms with Crippen LogP contribution in [-0.2, 0) is 13.1 Å². The van der Waals surface area contributed by atoms with Crippen LogP contribution in [0, 0.1) is 0 Å². The largest absolute Gasteiger partial charge is 0.310 e. The van der Waals surface area contributed by atoms with E-state index in [9.17, 15) is 0 Å². The van der Waals surface area contributed by atoms with Gasteiger partial charge in [-0.15, -0.1) is 0 Å². The van der Waals surface area contributed by atoms with Crippen molar-refractivity contribution in [3.8, 4) is 0 Å². The van der Waals surface area contributed by atoms with Crippen molar-refractivity contribution in [3.63, 3.8) is 0 Å². The zero-order chi connectivity index (χ0) is 13.0. The Morgan fingerprint density at radius 1 is 1.28 bits per heavy atom. The summed E-state index contributed by atoms with van der Waals surface area (Å²) in [6, 6.07) is 2.54. The summed E-state index contributed by atoms with van der Waals surface area (Å²) in [6.45, 7) is 5.87. The van der Waals surface area contributed by atoms with Crippen LogP contribution in [-0.4, -0.2) is 20.8 Å². The number of rotatable bonds is 5. The Bertz CT molecular complexity index is 507. The Morgan fingerprint density at radius 3 is 2.83 bits per heavy atom. The summed E-state index contributed by atoms with van der Waals surface area (Å²) in [7, 11) is 0. The van der Waals surface area contributed by atoms with Gasteiger partial charge in [0.1, 0.15) is 0 Å². The van der Waals surface area contributed by atoms with Crippen LogP contribution in [0.2, 0.25) is 0 Å². The fourth-order valence-electron chi connectivity index (χ4n) is 1.64. The molecule has 0 aliphatic rings. The van der Waals surface area contributed by atoms with E-state index in [0.29, 0.717) is 6.04 Å². The molecular weight excluding hydrogens is 292 g/mol. The minimum atomic E-state index is 0.489. The molecule has 0 saturated heterocycles. The molecule has 2 aromatic heterocycles. The van der Waals surface area contributed by atoms with Gasteiger partial charge in [0.2, 0.25) is 0 Å². The fraction of sp³-hybridized carbons (Fsp3) is 0.385. The summed E-state index contributed by atoms with van der Waals surface area (Å²) in [4.78, 5) is 4.15. The SMILES string of the molecule is CC(C)NCc1cnn(Cc2cncc(Br)c2)c1. The minimum Gasteiger partial charge on any atom is -0.310 e. The molecule has 0 aliphatic carbocycles. The van der Waals surface area contributed by atoms with Gasteiger partial charge in [-0.2, -0.15) is 5.10 Å². The second-order valence-corrected chi connectivity index (χ2v) is 5.51. The van der Waals surface area contributed by atoms with E-state index in [1.807, 2.05) is 17.1 Å². The zero-order valence-electron chi connectivity index (χ0n) is 10.6. The van der Waals surface area contributed by atoms with Gasteiger partial charge in [-0.1, -0.05) is 13.8 Å². The van der Waals surface area contributed by atoms with Crippen molar-refractivity contribution in [2.45, 2.75) is 33.0 Å². The maximum Gasteiger partial charge on any atom is 0.0674 e. The minimum absolute atomic E-state index is 0.489. The van der Waals surface area contributed by atoms with Gasteiger partial charge < -0.3 is 5.32 Å². The predicted molar refractivity (Wildman–Crippen MR) is 75.2 cm³/mol. The molecule has 0 aromatic carbocycles. The average Bonchev–Trinajstić information content (AvgIpc) is 2.74. The smallest absolute Gasteiger partial charge is 0.0674 e. The highest BCUT2D eigenvalue weighted by Gasteiger charge is 2.01. The van der Waals surface area contributed by atoms with Gasteiger partial charge in [0.05, 0.1) is 12.7 Å². The van der Waals surface area contributed by atoms with E-state index >= 15 is 0 Å². The second kappa shape index (κ2) is 6.11. The molecule has 0 saturated carbocycles. The molecule has 0 bridgehead atoms. The van der Waals surface area contributed by atoms with E-state index < -0.39 is 0 Å². The molecule has 96 valence electrons. The van der Waals surface area contributed by atoms with E-state index in [4.69, 9.17) is 0 Å². The van der Waals surface area contributed by atoms with Crippen LogP contribution in [0.5, 0.6) is 0 Å². The highest BCUT2D eigenvalue weighted by molar-refractivity contribution is 9.10. The summed E-state index contributed by atoms with van der Waals surface area (Å²) < 4.78 is 2.93. The number of nitrogens with zero attached hydrogens (tertiary/aromatic N) is 3. The Hall–Kier alpha value is -1.20. The van der Waals surface area contributed by atoms with Crippen molar-refractivity contribution in [1.82, 2.24) is 20.1 Å². The van der Waals surface area contributed by atoms with Gasteiger partial charge in [0.15, 0.2) is 0 Å². The third-order valence-corrected chi connectivity index (χ3v) is 2.94. The molecule has 0 atom stereocenters. The van der Waals surface area contributed by atoms with Crippen LogP contribution in [0.25, 0.3) is 0 Å². The average molecular weight is 309 g/mol. The molecule has 0 radical (unpaired) electrons. The van der Waals surface area contributed by atoms with Gasteiger partial charge in [-0.25, -0.2) is 0 Å². The van der Waals surface area contributed by atoms with Crippen LogP contribution in [0.3, 0.4) is 0 Å². The summed E-state index contributed by atoms with van der Waals surface area (Å²) in [5.74, 6) is 0. The molecule has 0 spiro atoms. The number of hydrogen-bond donors (Lipinski definition) is 1. The first-order valence-corrected chi connectivity index (χ1v) is 6.77. The molecule has 1 N–H and O–H groups in total. The zero-order valence-corrected chi connectivity index (χ0v) is 12.2. The van der Waals surface area contributed by atoms with E-state index in [1.165, 1.54) is 5.56 Å². The first kappa shape index (κ1) is 13.2. The van der Waals surface area contributed by atoms with Gasteiger partial charge in [0.25, 0.3) is 0 Å². The summed E-state index contributed by atoms with van der Waals surface area (Å²) >= 11 is 3.42. The molecule has 5 heteroatoms. The van der Waals surface area contributed by atoms with Gasteiger partial charge in [-0.05, 0) is 27.6 Å². The fourth-order valence-corrected chi connectivity index (χ4v) is 2.05. The van der Waals surface area contributed by atoms with E-state index in [-0.39, 0.29) is 0 Å². The Morgan fingerprint density at radius 2 is 2.11 bits per heavy atom. The molecular formula is C13H17BrN4. The van der Waals surface area contributed by atoms with Gasteiger partial charge in [-0.3, -0.25) is 9.67 Å². The molecule has 18 heavy (non-hydrogen) atoms. The van der Waals surface area contributed by atoms with Gasteiger partial charge >= 0.3 is 0 Å². The Kier molecular flexibility index (Phi) is 4.49. The van der Waals surface area contributed by atoms with Crippen molar-refractivity contribution in [2.24, 2.45) is 0 Å². The van der Waals surface area contributed by atoms with E-state index in [2.05, 4.69) is 57.4 Å². The first-order valence-electron chi connectivity index (χ1n) is 5.97. The molecule has 0 fully saturated rings. The lowest BCUT2D eigenvalue weighted by Crippen LogP contribution is -2.21. The monoisotopic (exact) mass is 308 g/mol. The van der Waals surface area contributed by atoms with Crippen LogP contribution < -0.4 is 5.32 Å². The van der Waals surface area contributed by atoms with E-state index in [0.717, 1.165) is 23.1 Å². The Balaban J connectivity index is 1.98. The maximum absolute atomic E-state index is 4.35. The van der Waals surface area contributed by atoms with E-state index in [1.54, 1.807) is 6.20 Å². The normalized spacial score (nSPS) is 11.1. The number of hydrogen-bond acceptors (Lipinski definition) is 3. The highest BCUT2D eigenvalue weighted by atomic mass is 79.9. The maximum atomic E-state index is 4.35. The lowest BCUT2D eigenvalue weighted by molar-refractivity contribution is 0.588. The molecule has 0 amide bonds. The van der Waals surface area contributed by atoms with Crippen molar-refractivity contribution >= 4 is 15.9 Å². The summed E-state index contributed by atoms with van der Waals surface area (Å²) in [5, 5.41) is 7.73. The number of nitrogens with one attached hydrogen (secondary N) is 1. The van der Waals surface area contributed by atoms with Crippen molar-refractivity contribution in [1.29, 1.82) is 0 Å². The van der Waals surface area contributed by atoms with Crippen LogP contribution in [0.15, 0.2) is 35.3 Å².